The van der Waals surface area contributed by atoms with E-state index in [1.807, 2.05) is 0 Å². The standard InChI is InChI=1S/C10H9F3O2/c11-10(12,13)9(14,8-6-15-8)7-4-2-1-3-5-7/h1-5,8,14H,6H2/t8-,9+/m1/s1. The van der Waals surface area contributed by atoms with Crippen LogP contribution in [0.5, 0.6) is 0 Å². The molecule has 0 amide bonds. The van der Waals surface area contributed by atoms with Gasteiger partial charge in [0.05, 0.1) is 6.61 Å². The van der Waals surface area contributed by atoms with E-state index in [-0.39, 0.29) is 12.2 Å². The van der Waals surface area contributed by atoms with Gasteiger partial charge >= 0.3 is 6.18 Å². The predicted molar refractivity (Wildman–Crippen MR) is 46.1 cm³/mol. The van der Waals surface area contributed by atoms with Gasteiger partial charge in [0.1, 0.15) is 6.10 Å². The Balaban J connectivity index is 2.44. The summed E-state index contributed by atoms with van der Waals surface area (Å²) in [5.74, 6) is 0. The quantitative estimate of drug-likeness (QED) is 0.768. The monoisotopic (exact) mass is 218 g/mol. The number of ether oxygens (including phenoxy) is 1. The minimum absolute atomic E-state index is 0.0646. The molecule has 5 heteroatoms. The highest BCUT2D eigenvalue weighted by Gasteiger charge is 2.64. The minimum atomic E-state index is -4.73. The van der Waals surface area contributed by atoms with Crippen molar-refractivity contribution >= 4 is 0 Å². The van der Waals surface area contributed by atoms with Crippen LogP contribution in [0.15, 0.2) is 30.3 Å². The summed E-state index contributed by atoms with van der Waals surface area (Å²) in [6.07, 6.45) is -5.91. The van der Waals surface area contributed by atoms with E-state index in [0.29, 0.717) is 0 Å². The fraction of sp³-hybridized carbons (Fsp3) is 0.400. The summed E-state index contributed by atoms with van der Waals surface area (Å²) in [4.78, 5) is 0. The van der Waals surface area contributed by atoms with E-state index in [2.05, 4.69) is 4.74 Å². The molecule has 0 aromatic heterocycles. The van der Waals surface area contributed by atoms with Crippen LogP contribution in [-0.2, 0) is 10.3 Å². The molecule has 0 aliphatic carbocycles. The van der Waals surface area contributed by atoms with Crippen molar-refractivity contribution in [1.82, 2.24) is 0 Å². The highest BCUT2D eigenvalue weighted by molar-refractivity contribution is 5.27. The smallest absolute Gasteiger partial charge is 0.374 e. The van der Waals surface area contributed by atoms with E-state index in [9.17, 15) is 18.3 Å². The fourth-order valence-corrected chi connectivity index (χ4v) is 1.51. The summed E-state index contributed by atoms with van der Waals surface area (Å²) in [7, 11) is 0. The van der Waals surface area contributed by atoms with Gasteiger partial charge in [0.2, 0.25) is 5.60 Å². The van der Waals surface area contributed by atoms with Crippen LogP contribution in [0.1, 0.15) is 5.56 Å². The zero-order chi connectivity index (χ0) is 11.1. The van der Waals surface area contributed by atoms with Crippen LogP contribution in [0.3, 0.4) is 0 Å². The Morgan fingerprint density at radius 3 is 2.13 bits per heavy atom. The maximum Gasteiger partial charge on any atom is 0.424 e. The van der Waals surface area contributed by atoms with Crippen molar-refractivity contribution < 1.29 is 23.0 Å². The van der Waals surface area contributed by atoms with Gasteiger partial charge in [0.15, 0.2) is 0 Å². The van der Waals surface area contributed by atoms with Crippen molar-refractivity contribution in [2.75, 3.05) is 6.61 Å². The number of halogens is 3. The summed E-state index contributed by atoms with van der Waals surface area (Å²) in [6.45, 7) is -0.0646. The van der Waals surface area contributed by atoms with Gasteiger partial charge in [0, 0.05) is 0 Å². The first kappa shape index (κ1) is 10.4. The van der Waals surface area contributed by atoms with Gasteiger partial charge in [0.25, 0.3) is 0 Å². The highest BCUT2D eigenvalue weighted by atomic mass is 19.4. The number of hydrogen-bond acceptors (Lipinski definition) is 2. The zero-order valence-corrected chi connectivity index (χ0v) is 7.66. The Bertz CT molecular complexity index is 345. The lowest BCUT2D eigenvalue weighted by molar-refractivity contribution is -0.273. The average molecular weight is 218 g/mol. The Morgan fingerprint density at radius 1 is 1.20 bits per heavy atom. The second kappa shape index (κ2) is 3.21. The zero-order valence-electron chi connectivity index (χ0n) is 7.66. The van der Waals surface area contributed by atoms with Crippen molar-refractivity contribution in [2.45, 2.75) is 17.9 Å². The van der Waals surface area contributed by atoms with Crippen molar-refractivity contribution in [2.24, 2.45) is 0 Å². The van der Waals surface area contributed by atoms with Crippen molar-refractivity contribution in [3.8, 4) is 0 Å². The molecule has 0 spiro atoms. The van der Waals surface area contributed by atoms with Crippen molar-refractivity contribution in [1.29, 1.82) is 0 Å². The van der Waals surface area contributed by atoms with Gasteiger partial charge in [-0.1, -0.05) is 30.3 Å². The molecule has 15 heavy (non-hydrogen) atoms. The summed E-state index contributed by atoms with van der Waals surface area (Å²) in [5, 5.41) is 9.71. The molecule has 1 saturated heterocycles. The molecule has 2 atom stereocenters. The second-order valence-corrected chi connectivity index (χ2v) is 3.45. The van der Waals surface area contributed by atoms with E-state index in [1.54, 1.807) is 6.07 Å². The van der Waals surface area contributed by atoms with Gasteiger partial charge < -0.3 is 9.84 Å². The maximum absolute atomic E-state index is 12.8. The molecular weight excluding hydrogens is 209 g/mol. The van der Waals surface area contributed by atoms with Gasteiger partial charge in [-0.25, -0.2) is 0 Å². The van der Waals surface area contributed by atoms with Crippen LogP contribution in [0.2, 0.25) is 0 Å². The van der Waals surface area contributed by atoms with Gasteiger partial charge in [-0.2, -0.15) is 13.2 Å². The molecule has 1 aliphatic rings. The molecule has 1 aliphatic heterocycles. The van der Waals surface area contributed by atoms with Crippen LogP contribution in [0, 0.1) is 0 Å². The maximum atomic E-state index is 12.8. The average Bonchev–Trinajstić information content (AvgIpc) is 2.99. The third-order valence-electron chi connectivity index (χ3n) is 2.45. The number of rotatable bonds is 2. The summed E-state index contributed by atoms with van der Waals surface area (Å²) in [6, 6.07) is 6.99. The summed E-state index contributed by atoms with van der Waals surface area (Å²) >= 11 is 0. The van der Waals surface area contributed by atoms with Crippen LogP contribution >= 0.6 is 0 Å². The molecule has 2 nitrogen and oxygen atoms in total. The lowest BCUT2D eigenvalue weighted by Crippen LogP contribution is -2.47. The molecule has 1 aromatic rings. The van der Waals surface area contributed by atoms with Crippen molar-refractivity contribution in [3.05, 3.63) is 35.9 Å². The first-order valence-electron chi connectivity index (χ1n) is 4.42. The van der Waals surface area contributed by atoms with Crippen LogP contribution in [0.25, 0.3) is 0 Å². The van der Waals surface area contributed by atoms with E-state index in [4.69, 9.17) is 0 Å². The fourth-order valence-electron chi connectivity index (χ4n) is 1.51. The topological polar surface area (TPSA) is 32.8 Å². The summed E-state index contributed by atoms with van der Waals surface area (Å²) < 4.78 is 42.8. The molecule has 0 unspecified atom stereocenters. The number of hydrogen-bond donors (Lipinski definition) is 1. The van der Waals surface area contributed by atoms with Crippen molar-refractivity contribution in [3.63, 3.8) is 0 Å². The minimum Gasteiger partial charge on any atom is -0.374 e. The first-order chi connectivity index (χ1) is 6.96. The molecule has 1 fully saturated rings. The molecule has 82 valence electrons. The molecule has 1 aromatic carbocycles. The number of aliphatic hydroxyl groups is 1. The third kappa shape index (κ3) is 1.61. The third-order valence-corrected chi connectivity index (χ3v) is 2.45. The largest absolute Gasteiger partial charge is 0.424 e. The Hall–Kier alpha value is -1.07. The van der Waals surface area contributed by atoms with E-state index >= 15 is 0 Å². The molecular formula is C10H9F3O2. The molecule has 0 bridgehead atoms. The molecule has 1 heterocycles. The highest BCUT2D eigenvalue weighted by Crippen LogP contribution is 2.46. The van der Waals surface area contributed by atoms with Crippen LogP contribution < -0.4 is 0 Å². The van der Waals surface area contributed by atoms with Gasteiger partial charge in [-0.3, -0.25) is 0 Å². The first-order valence-corrected chi connectivity index (χ1v) is 4.42. The lowest BCUT2D eigenvalue weighted by Gasteiger charge is -2.29. The molecule has 0 radical (unpaired) electrons. The molecule has 1 N–H and O–H groups in total. The van der Waals surface area contributed by atoms with Gasteiger partial charge in [-0.15, -0.1) is 0 Å². The molecule has 2 rings (SSSR count). The number of alkyl halides is 3. The predicted octanol–water partition coefficient (Wildman–Crippen LogP) is 1.84. The van der Waals surface area contributed by atoms with Gasteiger partial charge in [-0.05, 0) is 5.56 Å². The SMILES string of the molecule is O[C@@](c1ccccc1)([C@H]1CO1)C(F)(F)F. The lowest BCUT2D eigenvalue weighted by atomic mass is 9.90. The molecule has 0 saturated carbocycles. The Morgan fingerprint density at radius 2 is 1.73 bits per heavy atom. The van der Waals surface area contributed by atoms with E-state index in [0.717, 1.165) is 0 Å². The number of benzene rings is 1. The Kier molecular flexibility index (Phi) is 2.24. The number of epoxide rings is 1. The van der Waals surface area contributed by atoms with Crippen LogP contribution in [-0.4, -0.2) is 24.0 Å². The van der Waals surface area contributed by atoms with E-state index < -0.39 is 17.9 Å². The second-order valence-electron chi connectivity index (χ2n) is 3.45. The van der Waals surface area contributed by atoms with Crippen LogP contribution in [0.4, 0.5) is 13.2 Å². The Labute approximate surface area is 84.3 Å². The normalized spacial score (nSPS) is 24.7. The summed E-state index contributed by atoms with van der Waals surface area (Å²) in [5.41, 5.74) is -3.06. The van der Waals surface area contributed by atoms with E-state index in [1.165, 1.54) is 24.3 Å².